The molecular weight excluding hydrogens is 509 g/mol. The summed E-state index contributed by atoms with van der Waals surface area (Å²) in [5.41, 5.74) is 1.35. The van der Waals surface area contributed by atoms with Gasteiger partial charge in [-0.3, -0.25) is 9.59 Å². The summed E-state index contributed by atoms with van der Waals surface area (Å²) in [6.45, 7) is 0.254. The highest BCUT2D eigenvalue weighted by Crippen LogP contribution is 2.29. The van der Waals surface area contributed by atoms with E-state index in [4.69, 9.17) is 4.74 Å². The summed E-state index contributed by atoms with van der Waals surface area (Å²) in [6.07, 6.45) is 3.96. The number of hydrogen-bond donors (Lipinski definition) is 0. The Hall–Kier alpha value is -4.47. The lowest BCUT2D eigenvalue weighted by Gasteiger charge is -2.23. The van der Waals surface area contributed by atoms with Crippen LogP contribution in [0.3, 0.4) is 0 Å². The predicted molar refractivity (Wildman–Crippen MR) is 135 cm³/mol. The summed E-state index contributed by atoms with van der Waals surface area (Å²) in [5.74, 6) is -1.67. The third-order valence-corrected chi connectivity index (χ3v) is 6.71. The van der Waals surface area contributed by atoms with Gasteiger partial charge in [-0.15, -0.1) is 5.10 Å². The molecule has 1 aliphatic heterocycles. The van der Waals surface area contributed by atoms with Crippen molar-refractivity contribution in [3.8, 4) is 11.5 Å². The molecule has 200 valence electrons. The number of benzene rings is 3. The first-order valence-corrected chi connectivity index (χ1v) is 12.5. The van der Waals surface area contributed by atoms with E-state index in [1.54, 1.807) is 35.4 Å². The monoisotopic (exact) mass is 534 g/mol. The largest absolute Gasteiger partial charge is 0.457 e. The van der Waals surface area contributed by atoms with Crippen molar-refractivity contribution in [2.75, 3.05) is 6.54 Å². The Morgan fingerprint density at radius 3 is 2.26 bits per heavy atom. The number of likely N-dealkylation sites (tertiary alicyclic amines) is 1. The molecule has 0 N–H and O–H groups in total. The van der Waals surface area contributed by atoms with Gasteiger partial charge in [0.25, 0.3) is 0 Å². The van der Waals surface area contributed by atoms with E-state index in [1.807, 2.05) is 0 Å². The molecule has 10 heteroatoms. The molecule has 1 amide bonds. The van der Waals surface area contributed by atoms with Gasteiger partial charge in [0, 0.05) is 19.2 Å². The summed E-state index contributed by atoms with van der Waals surface area (Å²) in [5, 5.41) is 7.56. The highest BCUT2D eigenvalue weighted by molar-refractivity contribution is 5.91. The van der Waals surface area contributed by atoms with Crippen molar-refractivity contribution < 1.29 is 27.5 Å². The second-order valence-electron chi connectivity index (χ2n) is 9.56. The van der Waals surface area contributed by atoms with Crippen LogP contribution in [0.4, 0.5) is 13.2 Å². The topological polar surface area (TPSA) is 77.3 Å². The molecule has 1 aromatic heterocycles. The smallest absolute Gasteiger partial charge is 0.244 e. The molecule has 2 atom stereocenters. The van der Waals surface area contributed by atoms with Crippen LogP contribution in [0.2, 0.25) is 0 Å². The number of carbonyl (C=O) groups is 2. The van der Waals surface area contributed by atoms with E-state index in [2.05, 4.69) is 10.3 Å². The Labute approximate surface area is 222 Å². The lowest BCUT2D eigenvalue weighted by molar-refractivity contribution is -0.138. The average Bonchev–Trinajstić information content (AvgIpc) is 3.59. The van der Waals surface area contributed by atoms with Crippen molar-refractivity contribution in [3.63, 3.8) is 0 Å². The Morgan fingerprint density at radius 1 is 0.897 bits per heavy atom. The molecule has 0 aliphatic carbocycles. The van der Waals surface area contributed by atoms with Crippen LogP contribution in [0, 0.1) is 23.4 Å². The van der Waals surface area contributed by atoms with E-state index < -0.39 is 17.7 Å². The second kappa shape index (κ2) is 11.5. The SMILES string of the molecule is O=C(Cc1ccc(Oc2ccc(F)cc2)cc1)[C@@H]1C[C@@H](Cc2ccc(F)c(F)c2)CN1C(=O)Cn1ccnn1. The number of hydrogen-bond acceptors (Lipinski definition) is 5. The summed E-state index contributed by atoms with van der Waals surface area (Å²) in [6, 6.07) is 15.7. The van der Waals surface area contributed by atoms with Gasteiger partial charge in [0.15, 0.2) is 17.4 Å². The minimum Gasteiger partial charge on any atom is -0.457 e. The molecule has 1 saturated heterocycles. The van der Waals surface area contributed by atoms with Crippen LogP contribution in [0.25, 0.3) is 0 Å². The maximum atomic E-state index is 13.8. The molecule has 3 aromatic carbocycles. The number of halogens is 3. The van der Waals surface area contributed by atoms with Crippen LogP contribution in [0.5, 0.6) is 11.5 Å². The molecule has 0 spiro atoms. The normalized spacial score (nSPS) is 16.8. The molecule has 0 saturated carbocycles. The van der Waals surface area contributed by atoms with E-state index in [9.17, 15) is 22.8 Å². The van der Waals surface area contributed by atoms with Crippen molar-refractivity contribution in [3.05, 3.63) is 108 Å². The van der Waals surface area contributed by atoms with Crippen molar-refractivity contribution in [2.24, 2.45) is 5.92 Å². The number of Topliss-reactive ketones (excluding diaryl/α,β-unsaturated/α-hetero) is 1. The van der Waals surface area contributed by atoms with Crippen LogP contribution in [-0.2, 0) is 29.0 Å². The maximum Gasteiger partial charge on any atom is 0.244 e. The van der Waals surface area contributed by atoms with Crippen molar-refractivity contribution >= 4 is 11.7 Å². The van der Waals surface area contributed by atoms with E-state index in [-0.39, 0.29) is 36.4 Å². The highest BCUT2D eigenvalue weighted by Gasteiger charge is 2.39. The first kappa shape index (κ1) is 26.1. The van der Waals surface area contributed by atoms with Gasteiger partial charge in [0.1, 0.15) is 23.9 Å². The van der Waals surface area contributed by atoms with Crippen LogP contribution in [0.15, 0.2) is 79.1 Å². The second-order valence-corrected chi connectivity index (χ2v) is 9.56. The summed E-state index contributed by atoms with van der Waals surface area (Å²) in [4.78, 5) is 28.1. The average molecular weight is 535 g/mol. The fourth-order valence-electron chi connectivity index (χ4n) is 4.83. The molecule has 2 heterocycles. The van der Waals surface area contributed by atoms with Gasteiger partial charge in [-0.2, -0.15) is 0 Å². The minimum absolute atomic E-state index is 0.0584. The number of ketones is 1. The predicted octanol–water partition coefficient (Wildman–Crippen LogP) is 4.76. The number of rotatable bonds is 9. The number of nitrogens with zero attached hydrogens (tertiary/aromatic N) is 4. The van der Waals surface area contributed by atoms with Gasteiger partial charge in [0.05, 0.1) is 12.2 Å². The molecule has 39 heavy (non-hydrogen) atoms. The Balaban J connectivity index is 1.27. The lowest BCUT2D eigenvalue weighted by Crippen LogP contribution is -2.42. The standard InChI is InChI=1S/C29H25F3N4O3/c30-22-4-8-24(9-5-22)39-23-6-1-19(2-7-23)16-28(37)27-15-21(13-20-3-10-25(31)26(32)14-20)17-36(27)29(38)18-35-12-11-33-34-35/h1-12,14,21,27H,13,15-18H2/t21-,27+/m1/s1. The Kier molecular flexibility index (Phi) is 7.72. The first-order valence-electron chi connectivity index (χ1n) is 12.5. The molecule has 4 aromatic rings. The van der Waals surface area contributed by atoms with Gasteiger partial charge in [-0.1, -0.05) is 23.4 Å². The van der Waals surface area contributed by atoms with Gasteiger partial charge in [-0.05, 0) is 78.4 Å². The fraction of sp³-hybridized carbons (Fsp3) is 0.241. The Bertz CT molecular complexity index is 1440. The molecule has 1 aliphatic rings. The van der Waals surface area contributed by atoms with Crippen LogP contribution < -0.4 is 4.74 Å². The third-order valence-electron chi connectivity index (χ3n) is 6.71. The van der Waals surface area contributed by atoms with E-state index in [1.165, 1.54) is 41.2 Å². The van der Waals surface area contributed by atoms with Gasteiger partial charge in [0.2, 0.25) is 5.91 Å². The number of aromatic nitrogens is 3. The van der Waals surface area contributed by atoms with E-state index in [0.29, 0.717) is 36.4 Å². The molecule has 0 bridgehead atoms. The van der Waals surface area contributed by atoms with Crippen molar-refractivity contribution in [1.29, 1.82) is 0 Å². The van der Waals surface area contributed by atoms with Crippen LogP contribution in [0.1, 0.15) is 17.5 Å². The zero-order valence-corrected chi connectivity index (χ0v) is 20.8. The molecule has 0 radical (unpaired) electrons. The molecule has 7 nitrogen and oxygen atoms in total. The summed E-state index contributed by atoms with van der Waals surface area (Å²) < 4.78 is 47.3. The zero-order chi connectivity index (χ0) is 27.4. The molecule has 0 unspecified atom stereocenters. The molecule has 5 rings (SSSR count). The Morgan fingerprint density at radius 2 is 1.59 bits per heavy atom. The summed E-state index contributed by atoms with van der Waals surface area (Å²) in [7, 11) is 0. The van der Waals surface area contributed by atoms with E-state index >= 15 is 0 Å². The maximum absolute atomic E-state index is 13.8. The minimum atomic E-state index is -0.927. The van der Waals surface area contributed by atoms with Crippen LogP contribution in [-0.4, -0.2) is 44.2 Å². The zero-order valence-electron chi connectivity index (χ0n) is 20.8. The van der Waals surface area contributed by atoms with E-state index in [0.717, 1.165) is 17.7 Å². The van der Waals surface area contributed by atoms with Crippen molar-refractivity contribution in [2.45, 2.75) is 31.8 Å². The van der Waals surface area contributed by atoms with Crippen LogP contribution >= 0.6 is 0 Å². The molecule has 1 fully saturated rings. The van der Waals surface area contributed by atoms with Gasteiger partial charge < -0.3 is 9.64 Å². The van der Waals surface area contributed by atoms with Gasteiger partial charge in [-0.25, -0.2) is 17.9 Å². The highest BCUT2D eigenvalue weighted by atomic mass is 19.2. The first-order chi connectivity index (χ1) is 18.8. The number of carbonyl (C=O) groups excluding carboxylic acids is 2. The number of ether oxygens (including phenoxy) is 1. The molecular formula is C29H25F3N4O3. The quantitative estimate of drug-likeness (QED) is 0.310. The third kappa shape index (κ3) is 6.51. The number of amides is 1. The lowest BCUT2D eigenvalue weighted by atomic mass is 9.94. The fourth-order valence-corrected chi connectivity index (χ4v) is 4.83. The summed E-state index contributed by atoms with van der Waals surface area (Å²) >= 11 is 0. The van der Waals surface area contributed by atoms with Gasteiger partial charge >= 0.3 is 0 Å². The van der Waals surface area contributed by atoms with Crippen molar-refractivity contribution in [1.82, 2.24) is 19.9 Å².